The lowest BCUT2D eigenvalue weighted by Gasteiger charge is -2.38. The van der Waals surface area contributed by atoms with Crippen LogP contribution >= 0.6 is 11.6 Å². The minimum Gasteiger partial charge on any atom is -0.343 e. The topological polar surface area (TPSA) is 52.7 Å². The number of carbonyl (C=O) groups is 2. The van der Waals surface area contributed by atoms with Crippen molar-refractivity contribution in [2.45, 2.75) is 38.8 Å². The van der Waals surface area contributed by atoms with Crippen LogP contribution in [-0.2, 0) is 9.59 Å². The fraction of sp³-hybridized carbons (Fsp3) is 0.556. The molecule has 130 valence electrons. The van der Waals surface area contributed by atoms with E-state index >= 15 is 0 Å². The van der Waals surface area contributed by atoms with Crippen molar-refractivity contribution in [3.63, 3.8) is 0 Å². The number of hydrogen-bond donors (Lipinski definition) is 1. The number of hydrogen-bond acceptors (Lipinski definition) is 3. The molecule has 0 unspecified atom stereocenters. The molecular formula is C18H24ClN3O2. The van der Waals surface area contributed by atoms with Crippen LogP contribution in [0.3, 0.4) is 0 Å². The summed E-state index contributed by atoms with van der Waals surface area (Å²) in [5.74, 6) is 0.602. The first kappa shape index (κ1) is 17.2. The first-order valence-corrected chi connectivity index (χ1v) is 8.92. The number of anilines is 1. The number of likely N-dealkylation sites (tertiary alicyclic amines) is 1. The number of amides is 2. The first-order valence-electron chi connectivity index (χ1n) is 8.54. The van der Waals surface area contributed by atoms with Gasteiger partial charge in [-0.25, -0.2) is 0 Å². The molecule has 0 aromatic heterocycles. The highest BCUT2D eigenvalue weighted by Crippen LogP contribution is 2.25. The summed E-state index contributed by atoms with van der Waals surface area (Å²) in [5.41, 5.74) is 0.896. The van der Waals surface area contributed by atoms with Gasteiger partial charge in [-0.1, -0.05) is 18.5 Å². The first-order chi connectivity index (χ1) is 11.5. The van der Waals surface area contributed by atoms with Gasteiger partial charge in [0, 0.05) is 43.3 Å². The maximum Gasteiger partial charge on any atom is 0.244 e. The van der Waals surface area contributed by atoms with Crippen molar-refractivity contribution in [2.75, 3.05) is 24.5 Å². The van der Waals surface area contributed by atoms with Gasteiger partial charge in [-0.15, -0.1) is 0 Å². The van der Waals surface area contributed by atoms with Crippen molar-refractivity contribution in [1.82, 2.24) is 10.2 Å². The van der Waals surface area contributed by atoms with Gasteiger partial charge < -0.3 is 15.1 Å². The third-order valence-electron chi connectivity index (χ3n) is 5.11. The molecule has 0 bridgehead atoms. The summed E-state index contributed by atoms with van der Waals surface area (Å²) >= 11 is 5.92. The van der Waals surface area contributed by atoms with Crippen LogP contribution < -0.4 is 10.2 Å². The fourth-order valence-electron chi connectivity index (χ4n) is 3.65. The molecule has 2 heterocycles. The van der Waals surface area contributed by atoms with Gasteiger partial charge in [0.25, 0.3) is 0 Å². The van der Waals surface area contributed by atoms with Crippen molar-refractivity contribution in [3.8, 4) is 0 Å². The molecule has 2 amide bonds. The molecule has 3 rings (SSSR count). The molecule has 1 aromatic carbocycles. The molecular weight excluding hydrogens is 326 g/mol. The molecule has 0 radical (unpaired) electrons. The van der Waals surface area contributed by atoms with Crippen LogP contribution in [0.5, 0.6) is 0 Å². The molecule has 0 spiro atoms. The predicted octanol–water partition coefficient (Wildman–Crippen LogP) is 2.29. The Balaban J connectivity index is 1.60. The average molecular weight is 350 g/mol. The lowest BCUT2D eigenvalue weighted by atomic mass is 9.93. The maximum atomic E-state index is 12.7. The van der Waals surface area contributed by atoms with Crippen LogP contribution in [0.25, 0.3) is 0 Å². The zero-order chi connectivity index (χ0) is 17.3. The van der Waals surface area contributed by atoms with Gasteiger partial charge in [0.15, 0.2) is 0 Å². The Kier molecular flexibility index (Phi) is 5.11. The summed E-state index contributed by atoms with van der Waals surface area (Å²) in [6, 6.07) is 7.53. The molecule has 1 aromatic rings. The van der Waals surface area contributed by atoms with E-state index in [0.29, 0.717) is 10.9 Å². The number of piperidine rings is 1. The SMILES string of the molecule is CC(=O)N1CC[C@H](N[C@H]2CCN(c3ccc(Cl)cc3)C2=O)[C@@H](C)C1. The number of nitrogens with zero attached hydrogens (tertiary/aromatic N) is 2. The molecule has 2 saturated heterocycles. The smallest absolute Gasteiger partial charge is 0.244 e. The maximum absolute atomic E-state index is 12.7. The minimum atomic E-state index is -0.142. The minimum absolute atomic E-state index is 0.124. The van der Waals surface area contributed by atoms with E-state index in [0.717, 1.165) is 38.2 Å². The molecule has 3 atom stereocenters. The fourth-order valence-corrected chi connectivity index (χ4v) is 3.78. The van der Waals surface area contributed by atoms with Gasteiger partial charge in [-0.05, 0) is 43.0 Å². The second kappa shape index (κ2) is 7.11. The van der Waals surface area contributed by atoms with Crippen molar-refractivity contribution in [1.29, 1.82) is 0 Å². The van der Waals surface area contributed by atoms with Crippen LogP contribution in [0.4, 0.5) is 5.69 Å². The predicted molar refractivity (Wildman–Crippen MR) is 95.2 cm³/mol. The normalized spacial score (nSPS) is 27.6. The van der Waals surface area contributed by atoms with Gasteiger partial charge in [-0.2, -0.15) is 0 Å². The van der Waals surface area contributed by atoms with Gasteiger partial charge in [0.1, 0.15) is 0 Å². The zero-order valence-electron chi connectivity index (χ0n) is 14.2. The molecule has 0 aliphatic carbocycles. The standard InChI is InChI=1S/C18H24ClN3O2/c1-12-11-21(13(2)23)9-7-16(12)20-17-8-10-22(18(17)24)15-5-3-14(19)4-6-15/h3-6,12,16-17,20H,7-11H2,1-2H3/t12-,16-,17-/m0/s1. The average Bonchev–Trinajstić information content (AvgIpc) is 2.91. The lowest BCUT2D eigenvalue weighted by molar-refractivity contribution is -0.131. The summed E-state index contributed by atoms with van der Waals surface area (Å²) in [4.78, 5) is 27.9. The molecule has 0 saturated carbocycles. The zero-order valence-corrected chi connectivity index (χ0v) is 14.9. The van der Waals surface area contributed by atoms with Crippen LogP contribution in [0.1, 0.15) is 26.7 Å². The van der Waals surface area contributed by atoms with E-state index in [4.69, 9.17) is 11.6 Å². The Morgan fingerprint density at radius 1 is 1.21 bits per heavy atom. The molecule has 2 fully saturated rings. The molecule has 1 N–H and O–H groups in total. The van der Waals surface area contributed by atoms with Crippen LogP contribution in [0, 0.1) is 5.92 Å². The Hall–Kier alpha value is -1.59. The van der Waals surface area contributed by atoms with E-state index in [1.165, 1.54) is 0 Å². The van der Waals surface area contributed by atoms with E-state index in [1.54, 1.807) is 6.92 Å². The number of nitrogens with one attached hydrogen (secondary N) is 1. The lowest BCUT2D eigenvalue weighted by Crippen LogP contribution is -2.53. The monoisotopic (exact) mass is 349 g/mol. The Morgan fingerprint density at radius 2 is 1.92 bits per heavy atom. The van der Waals surface area contributed by atoms with Crippen LogP contribution in [-0.4, -0.2) is 48.4 Å². The van der Waals surface area contributed by atoms with Crippen LogP contribution in [0.15, 0.2) is 24.3 Å². The molecule has 24 heavy (non-hydrogen) atoms. The molecule has 2 aliphatic heterocycles. The summed E-state index contributed by atoms with van der Waals surface area (Å²) in [7, 11) is 0. The van der Waals surface area contributed by atoms with Crippen molar-refractivity contribution >= 4 is 29.1 Å². The third-order valence-corrected chi connectivity index (χ3v) is 5.36. The van der Waals surface area contributed by atoms with Crippen molar-refractivity contribution < 1.29 is 9.59 Å². The van der Waals surface area contributed by atoms with E-state index in [1.807, 2.05) is 34.1 Å². The molecule has 2 aliphatic rings. The highest BCUT2D eigenvalue weighted by atomic mass is 35.5. The van der Waals surface area contributed by atoms with Gasteiger partial charge in [-0.3, -0.25) is 9.59 Å². The van der Waals surface area contributed by atoms with Crippen molar-refractivity contribution in [2.24, 2.45) is 5.92 Å². The Labute approximate surface area is 147 Å². The highest BCUT2D eigenvalue weighted by Gasteiger charge is 2.36. The van der Waals surface area contributed by atoms with E-state index in [9.17, 15) is 9.59 Å². The second-order valence-electron chi connectivity index (χ2n) is 6.81. The quantitative estimate of drug-likeness (QED) is 0.911. The summed E-state index contributed by atoms with van der Waals surface area (Å²) in [6.07, 6.45) is 1.70. The largest absolute Gasteiger partial charge is 0.343 e. The van der Waals surface area contributed by atoms with Crippen LogP contribution in [0.2, 0.25) is 5.02 Å². The number of rotatable bonds is 3. The Bertz CT molecular complexity index is 619. The Morgan fingerprint density at radius 3 is 2.54 bits per heavy atom. The highest BCUT2D eigenvalue weighted by molar-refractivity contribution is 6.30. The summed E-state index contributed by atoms with van der Waals surface area (Å²) in [5, 5.41) is 4.21. The summed E-state index contributed by atoms with van der Waals surface area (Å²) in [6.45, 7) is 6.00. The second-order valence-corrected chi connectivity index (χ2v) is 7.25. The van der Waals surface area contributed by atoms with Gasteiger partial charge in [0.05, 0.1) is 6.04 Å². The number of halogens is 1. The number of carbonyl (C=O) groups excluding carboxylic acids is 2. The molecule has 6 heteroatoms. The van der Waals surface area contributed by atoms with E-state index in [2.05, 4.69) is 12.2 Å². The van der Waals surface area contributed by atoms with E-state index in [-0.39, 0.29) is 23.9 Å². The van der Waals surface area contributed by atoms with E-state index < -0.39 is 0 Å². The molecule has 5 nitrogen and oxygen atoms in total. The van der Waals surface area contributed by atoms with Gasteiger partial charge in [0.2, 0.25) is 11.8 Å². The third kappa shape index (κ3) is 3.57. The number of benzene rings is 1. The van der Waals surface area contributed by atoms with Crippen molar-refractivity contribution in [3.05, 3.63) is 29.3 Å². The summed E-state index contributed by atoms with van der Waals surface area (Å²) < 4.78 is 0. The van der Waals surface area contributed by atoms with Gasteiger partial charge >= 0.3 is 0 Å².